The predicted octanol–water partition coefficient (Wildman–Crippen LogP) is 0.892. The highest BCUT2D eigenvalue weighted by atomic mass is 32.2. The number of aliphatic hydroxyl groups is 1. The fraction of sp³-hybridized carbons (Fsp3) is 0.500. The van der Waals surface area contributed by atoms with Crippen molar-refractivity contribution >= 4 is 10.0 Å². The van der Waals surface area contributed by atoms with Crippen molar-refractivity contribution in [2.45, 2.75) is 37.1 Å². The van der Waals surface area contributed by atoms with Crippen LogP contribution >= 0.6 is 0 Å². The normalized spacial score (nSPS) is 21.7. The van der Waals surface area contributed by atoms with Gasteiger partial charge in [-0.3, -0.25) is 4.98 Å². The molecular formula is C14H18N2O3S. The van der Waals surface area contributed by atoms with Gasteiger partial charge in [0.15, 0.2) is 0 Å². The lowest BCUT2D eigenvalue weighted by atomic mass is 9.83. The number of aromatic nitrogens is 1. The summed E-state index contributed by atoms with van der Waals surface area (Å²) in [6.07, 6.45) is 4.94. The van der Waals surface area contributed by atoms with Crippen LogP contribution in [0, 0.1) is 17.8 Å². The van der Waals surface area contributed by atoms with Crippen LogP contribution in [0.3, 0.4) is 0 Å². The van der Waals surface area contributed by atoms with Crippen molar-refractivity contribution in [1.82, 2.24) is 9.71 Å². The summed E-state index contributed by atoms with van der Waals surface area (Å²) in [5, 5.41) is 8.66. The average Bonchev–Trinajstić information content (AvgIpc) is 2.37. The molecule has 0 radical (unpaired) electrons. The van der Waals surface area contributed by atoms with E-state index in [1.165, 1.54) is 18.5 Å². The van der Waals surface area contributed by atoms with Crippen LogP contribution < -0.4 is 4.72 Å². The highest BCUT2D eigenvalue weighted by Gasteiger charge is 2.29. The van der Waals surface area contributed by atoms with Crippen LogP contribution in [0.4, 0.5) is 0 Å². The molecule has 0 bridgehead atoms. The zero-order chi connectivity index (χ0) is 14.6. The standard InChI is InChI=1S/C14H18N2O3S/c1-11-6-13(7-11)16-20(18,19)14-8-12(9-15-10-14)4-2-3-5-17/h8-11,13,16-17H,3,5-7H2,1H3. The van der Waals surface area contributed by atoms with E-state index < -0.39 is 10.0 Å². The summed E-state index contributed by atoms with van der Waals surface area (Å²) in [6, 6.07) is 1.53. The number of nitrogens with zero attached hydrogens (tertiary/aromatic N) is 1. The van der Waals surface area contributed by atoms with Gasteiger partial charge < -0.3 is 5.11 Å². The third kappa shape index (κ3) is 3.79. The summed E-state index contributed by atoms with van der Waals surface area (Å²) in [4.78, 5) is 4.04. The summed E-state index contributed by atoms with van der Waals surface area (Å²) in [6.45, 7) is 2.09. The minimum absolute atomic E-state index is 0.0140. The monoisotopic (exact) mass is 294 g/mol. The molecule has 5 nitrogen and oxygen atoms in total. The molecule has 6 heteroatoms. The van der Waals surface area contributed by atoms with Crippen molar-refractivity contribution in [3.05, 3.63) is 24.0 Å². The van der Waals surface area contributed by atoms with E-state index in [1.807, 2.05) is 0 Å². The minimum Gasteiger partial charge on any atom is -0.395 e. The molecule has 0 spiro atoms. The van der Waals surface area contributed by atoms with E-state index in [4.69, 9.17) is 5.11 Å². The lowest BCUT2D eigenvalue weighted by Crippen LogP contribution is -2.43. The quantitative estimate of drug-likeness (QED) is 0.808. The van der Waals surface area contributed by atoms with Crippen LogP contribution in [0.5, 0.6) is 0 Å². The van der Waals surface area contributed by atoms with Gasteiger partial charge in [0.25, 0.3) is 0 Å². The van der Waals surface area contributed by atoms with E-state index in [0.29, 0.717) is 17.9 Å². The Hall–Kier alpha value is -1.42. The molecule has 20 heavy (non-hydrogen) atoms. The van der Waals surface area contributed by atoms with Crippen LogP contribution in [0.15, 0.2) is 23.4 Å². The Labute approximate surface area is 119 Å². The second-order valence-electron chi connectivity index (χ2n) is 5.08. The second kappa shape index (κ2) is 6.35. The number of nitrogens with one attached hydrogen (secondary N) is 1. The van der Waals surface area contributed by atoms with Crippen molar-refractivity contribution in [1.29, 1.82) is 0 Å². The van der Waals surface area contributed by atoms with Gasteiger partial charge in [0.2, 0.25) is 10.0 Å². The SMILES string of the molecule is CC1CC(NS(=O)(=O)c2cncc(C#CCCO)c2)C1. The third-order valence-electron chi connectivity index (χ3n) is 3.19. The van der Waals surface area contributed by atoms with Gasteiger partial charge in [0.1, 0.15) is 4.90 Å². The van der Waals surface area contributed by atoms with E-state index >= 15 is 0 Å². The Kier molecular flexibility index (Phi) is 4.76. The molecule has 0 atom stereocenters. The van der Waals surface area contributed by atoms with Crippen LogP contribution in [-0.4, -0.2) is 31.2 Å². The molecule has 1 aliphatic rings. The van der Waals surface area contributed by atoms with Gasteiger partial charge in [0.05, 0.1) is 6.61 Å². The summed E-state index contributed by atoms with van der Waals surface area (Å²) >= 11 is 0. The maximum absolute atomic E-state index is 12.2. The molecular weight excluding hydrogens is 276 g/mol. The molecule has 0 aromatic carbocycles. The first-order chi connectivity index (χ1) is 9.51. The number of aliphatic hydroxyl groups excluding tert-OH is 1. The number of rotatable bonds is 4. The molecule has 0 saturated heterocycles. The van der Waals surface area contributed by atoms with E-state index in [-0.39, 0.29) is 17.5 Å². The topological polar surface area (TPSA) is 79.3 Å². The number of hydrogen-bond donors (Lipinski definition) is 2. The molecule has 1 heterocycles. The average molecular weight is 294 g/mol. The van der Waals surface area contributed by atoms with Crippen molar-refractivity contribution < 1.29 is 13.5 Å². The molecule has 0 aliphatic heterocycles. The van der Waals surface area contributed by atoms with Crippen molar-refractivity contribution in [3.63, 3.8) is 0 Å². The molecule has 1 aromatic heterocycles. The van der Waals surface area contributed by atoms with Gasteiger partial charge in [-0.1, -0.05) is 18.8 Å². The summed E-state index contributed by atoms with van der Waals surface area (Å²) < 4.78 is 27.0. The predicted molar refractivity (Wildman–Crippen MR) is 75.3 cm³/mol. The summed E-state index contributed by atoms with van der Waals surface area (Å²) in [5.41, 5.74) is 0.531. The first-order valence-electron chi connectivity index (χ1n) is 6.58. The van der Waals surface area contributed by atoms with Crippen molar-refractivity contribution in [3.8, 4) is 11.8 Å². The smallest absolute Gasteiger partial charge is 0.242 e. The highest BCUT2D eigenvalue weighted by Crippen LogP contribution is 2.27. The maximum Gasteiger partial charge on any atom is 0.242 e. The Morgan fingerprint density at radius 1 is 1.45 bits per heavy atom. The lowest BCUT2D eigenvalue weighted by molar-refractivity contribution is 0.270. The Balaban J connectivity index is 2.11. The van der Waals surface area contributed by atoms with E-state index in [0.717, 1.165) is 12.8 Å². The summed E-state index contributed by atoms with van der Waals surface area (Å²) in [5.74, 6) is 6.11. The van der Waals surface area contributed by atoms with Crippen LogP contribution in [0.25, 0.3) is 0 Å². The van der Waals surface area contributed by atoms with Gasteiger partial charge in [-0.05, 0) is 24.8 Å². The molecule has 1 saturated carbocycles. The summed E-state index contributed by atoms with van der Waals surface area (Å²) in [7, 11) is -3.53. The van der Waals surface area contributed by atoms with E-state index in [9.17, 15) is 8.42 Å². The van der Waals surface area contributed by atoms with Crippen LogP contribution in [0.1, 0.15) is 31.7 Å². The van der Waals surface area contributed by atoms with Gasteiger partial charge in [-0.2, -0.15) is 0 Å². The number of pyridine rings is 1. The molecule has 1 aliphatic carbocycles. The zero-order valence-corrected chi connectivity index (χ0v) is 12.2. The number of sulfonamides is 1. The minimum atomic E-state index is -3.53. The second-order valence-corrected chi connectivity index (χ2v) is 6.79. The van der Waals surface area contributed by atoms with Crippen molar-refractivity contribution in [2.75, 3.05) is 6.61 Å². The van der Waals surface area contributed by atoms with Gasteiger partial charge in [-0.15, -0.1) is 0 Å². The van der Waals surface area contributed by atoms with Gasteiger partial charge in [-0.25, -0.2) is 13.1 Å². The van der Waals surface area contributed by atoms with Crippen LogP contribution in [0.2, 0.25) is 0 Å². The molecule has 2 N–H and O–H groups in total. The molecule has 0 unspecified atom stereocenters. The van der Waals surface area contributed by atoms with Gasteiger partial charge >= 0.3 is 0 Å². The Morgan fingerprint density at radius 2 is 2.20 bits per heavy atom. The number of hydrogen-bond acceptors (Lipinski definition) is 4. The lowest BCUT2D eigenvalue weighted by Gasteiger charge is -2.32. The molecule has 108 valence electrons. The van der Waals surface area contributed by atoms with Crippen LogP contribution in [-0.2, 0) is 10.0 Å². The Bertz CT molecular complexity index is 625. The third-order valence-corrected chi connectivity index (χ3v) is 4.68. The van der Waals surface area contributed by atoms with Gasteiger partial charge in [0, 0.05) is 30.4 Å². The first kappa shape index (κ1) is 15.0. The van der Waals surface area contributed by atoms with E-state index in [2.05, 4.69) is 28.5 Å². The largest absolute Gasteiger partial charge is 0.395 e. The fourth-order valence-electron chi connectivity index (χ4n) is 2.14. The van der Waals surface area contributed by atoms with Crippen molar-refractivity contribution in [2.24, 2.45) is 5.92 Å². The first-order valence-corrected chi connectivity index (χ1v) is 8.06. The zero-order valence-electron chi connectivity index (χ0n) is 11.3. The molecule has 1 fully saturated rings. The highest BCUT2D eigenvalue weighted by molar-refractivity contribution is 7.89. The molecule has 2 rings (SSSR count). The molecule has 0 amide bonds. The molecule has 1 aromatic rings. The fourth-order valence-corrected chi connectivity index (χ4v) is 3.39. The Morgan fingerprint density at radius 3 is 2.85 bits per heavy atom. The van der Waals surface area contributed by atoms with E-state index in [1.54, 1.807) is 0 Å². The maximum atomic E-state index is 12.2.